The molecule has 188 valence electrons. The number of Topliss-reactive ketones (excluding diaryl/α,β-unsaturated/α-hetero) is 1. The zero-order chi connectivity index (χ0) is 25.1. The van der Waals surface area contributed by atoms with Gasteiger partial charge in [-0.25, -0.2) is 4.98 Å². The number of nitrogens with one attached hydrogen (secondary N) is 1. The van der Waals surface area contributed by atoms with Crippen LogP contribution in [0.15, 0.2) is 21.6 Å². The highest BCUT2D eigenvalue weighted by atomic mass is 32.1. The molecule has 0 aliphatic carbocycles. The monoisotopic (exact) mass is 492 g/mol. The Bertz CT molecular complexity index is 879. The number of amides is 2. The van der Waals surface area contributed by atoms with E-state index in [4.69, 9.17) is 11.5 Å². The van der Waals surface area contributed by atoms with Crippen molar-refractivity contribution in [1.29, 1.82) is 0 Å². The van der Waals surface area contributed by atoms with Crippen LogP contribution in [0.25, 0.3) is 0 Å². The number of nitrogens with two attached hydrogens (primary N) is 2. The third kappa shape index (κ3) is 8.82. The molecular weight excluding hydrogens is 456 g/mol. The number of piperazine rings is 1. The maximum absolute atomic E-state index is 13.0. The second-order valence-electron chi connectivity index (χ2n) is 8.41. The fourth-order valence-electron chi connectivity index (χ4n) is 3.71. The van der Waals surface area contributed by atoms with Gasteiger partial charge in [0.2, 0.25) is 17.6 Å². The second kappa shape index (κ2) is 13.8. The first-order valence-electron chi connectivity index (χ1n) is 11.4. The van der Waals surface area contributed by atoms with Gasteiger partial charge in [0, 0.05) is 37.8 Å². The van der Waals surface area contributed by atoms with Gasteiger partial charge in [-0.1, -0.05) is 0 Å². The van der Waals surface area contributed by atoms with Crippen LogP contribution < -0.4 is 16.8 Å². The lowest BCUT2D eigenvalue weighted by atomic mass is 10.1. The Labute approximate surface area is 204 Å². The normalized spacial score (nSPS) is 18.7. The molecule has 0 unspecified atom stereocenters. The van der Waals surface area contributed by atoms with Gasteiger partial charge < -0.3 is 21.7 Å². The SMILES string of the molecule is CC(N)=NCCC[C@H](NC(=O)CN1CCN(C)[C@@H](CCCN=C(C)N)C1=O)C(=O)c1nccs1. The topological polar surface area (TPSA) is 159 Å². The standard InChI is InChI=1S/C22H36N8O3S/c1-15(23)25-8-4-6-17(20(32)21-27-10-13-34-21)28-19(31)14-30-12-11-29(3)18(22(30)33)7-5-9-26-16(2)24/h10,13,17-18H,4-9,11-12,14H2,1-3H3,(H2,23,25)(H2,24,26)(H,28,31)/t17-,18-/m0/s1. The summed E-state index contributed by atoms with van der Waals surface area (Å²) in [6.45, 7) is 5.49. The van der Waals surface area contributed by atoms with E-state index in [0.29, 0.717) is 62.1 Å². The molecule has 0 saturated carbocycles. The van der Waals surface area contributed by atoms with Crippen LogP contribution in [-0.2, 0) is 9.59 Å². The summed E-state index contributed by atoms with van der Waals surface area (Å²) in [7, 11) is 1.91. The molecule has 1 fully saturated rings. The first-order valence-corrected chi connectivity index (χ1v) is 12.3. The third-order valence-corrected chi connectivity index (χ3v) is 6.28. The van der Waals surface area contributed by atoms with Gasteiger partial charge in [0.15, 0.2) is 5.01 Å². The predicted molar refractivity (Wildman–Crippen MR) is 134 cm³/mol. The van der Waals surface area contributed by atoms with Crippen molar-refractivity contribution in [2.45, 2.75) is 51.6 Å². The maximum Gasteiger partial charge on any atom is 0.240 e. The van der Waals surface area contributed by atoms with E-state index in [0.717, 1.165) is 6.42 Å². The minimum atomic E-state index is -0.734. The molecule has 2 heterocycles. The van der Waals surface area contributed by atoms with Crippen molar-refractivity contribution < 1.29 is 14.4 Å². The third-order valence-electron chi connectivity index (χ3n) is 5.49. The van der Waals surface area contributed by atoms with Crippen LogP contribution in [0.1, 0.15) is 49.3 Å². The Balaban J connectivity index is 1.96. The van der Waals surface area contributed by atoms with Crippen LogP contribution in [-0.4, -0.2) is 95.9 Å². The number of hydrogen-bond acceptors (Lipinski definition) is 8. The summed E-state index contributed by atoms with van der Waals surface area (Å²) in [6, 6.07) is -1.04. The molecule has 0 bridgehead atoms. The molecule has 12 heteroatoms. The number of nitrogens with zero attached hydrogens (tertiary/aromatic N) is 5. The molecule has 5 N–H and O–H groups in total. The Kier molecular flexibility index (Phi) is 11.1. The Morgan fingerprint density at radius 2 is 1.88 bits per heavy atom. The van der Waals surface area contributed by atoms with Gasteiger partial charge in [-0.15, -0.1) is 11.3 Å². The minimum Gasteiger partial charge on any atom is -0.388 e. The van der Waals surface area contributed by atoms with Crippen molar-refractivity contribution in [3.8, 4) is 0 Å². The fraction of sp³-hybridized carbons (Fsp3) is 0.636. The quantitative estimate of drug-likeness (QED) is 0.154. The summed E-state index contributed by atoms with van der Waals surface area (Å²) in [5.41, 5.74) is 11.1. The summed E-state index contributed by atoms with van der Waals surface area (Å²) in [5, 5.41) is 4.87. The summed E-state index contributed by atoms with van der Waals surface area (Å²) in [5.74, 6) is 0.296. The average molecular weight is 493 g/mol. The van der Waals surface area contributed by atoms with Gasteiger partial charge in [-0.05, 0) is 46.6 Å². The van der Waals surface area contributed by atoms with E-state index in [1.807, 2.05) is 11.9 Å². The maximum atomic E-state index is 13.0. The fourth-order valence-corrected chi connectivity index (χ4v) is 4.34. The van der Waals surface area contributed by atoms with Gasteiger partial charge in [-0.2, -0.15) is 0 Å². The summed E-state index contributed by atoms with van der Waals surface area (Å²) in [6.07, 6.45) is 3.90. The van der Waals surface area contributed by atoms with Crippen molar-refractivity contribution in [1.82, 2.24) is 20.1 Å². The van der Waals surface area contributed by atoms with Crippen LogP contribution in [0, 0.1) is 0 Å². The number of rotatable bonds is 13. The highest BCUT2D eigenvalue weighted by Gasteiger charge is 2.33. The van der Waals surface area contributed by atoms with Crippen molar-refractivity contribution in [2.75, 3.05) is 39.8 Å². The van der Waals surface area contributed by atoms with Gasteiger partial charge in [-0.3, -0.25) is 29.3 Å². The highest BCUT2D eigenvalue weighted by Crippen LogP contribution is 2.15. The largest absolute Gasteiger partial charge is 0.388 e. The van der Waals surface area contributed by atoms with Crippen LogP contribution >= 0.6 is 11.3 Å². The van der Waals surface area contributed by atoms with Crippen molar-refractivity contribution in [2.24, 2.45) is 21.5 Å². The van der Waals surface area contributed by atoms with Gasteiger partial charge in [0.05, 0.1) is 30.3 Å². The Morgan fingerprint density at radius 3 is 2.50 bits per heavy atom. The molecule has 2 rings (SSSR count). The number of aliphatic imine (C=N–C) groups is 2. The van der Waals surface area contributed by atoms with Crippen LogP contribution in [0.4, 0.5) is 0 Å². The number of carbonyl (C=O) groups excluding carboxylic acids is 3. The zero-order valence-corrected chi connectivity index (χ0v) is 21.0. The second-order valence-corrected chi connectivity index (χ2v) is 9.30. The lowest BCUT2D eigenvalue weighted by molar-refractivity contribution is -0.144. The van der Waals surface area contributed by atoms with E-state index in [2.05, 4.69) is 20.3 Å². The minimum absolute atomic E-state index is 0.0899. The van der Waals surface area contributed by atoms with E-state index >= 15 is 0 Å². The van der Waals surface area contributed by atoms with Gasteiger partial charge in [0.1, 0.15) is 0 Å². The molecule has 0 aromatic carbocycles. The number of carbonyl (C=O) groups is 3. The summed E-state index contributed by atoms with van der Waals surface area (Å²) in [4.78, 5) is 54.7. The molecule has 2 atom stereocenters. The molecule has 34 heavy (non-hydrogen) atoms. The molecular formula is C22H36N8O3S. The molecule has 1 aromatic heterocycles. The zero-order valence-electron chi connectivity index (χ0n) is 20.2. The predicted octanol–water partition coefficient (Wildman–Crippen LogP) is 0.268. The molecule has 2 amide bonds. The lowest BCUT2D eigenvalue weighted by Crippen LogP contribution is -2.58. The van der Waals surface area contributed by atoms with Crippen molar-refractivity contribution in [3.05, 3.63) is 16.6 Å². The van der Waals surface area contributed by atoms with E-state index in [1.54, 1.807) is 30.3 Å². The van der Waals surface area contributed by atoms with Crippen molar-refractivity contribution >= 4 is 40.6 Å². The first-order chi connectivity index (χ1) is 16.2. The molecule has 0 radical (unpaired) electrons. The highest BCUT2D eigenvalue weighted by molar-refractivity contribution is 7.11. The van der Waals surface area contributed by atoms with Crippen LogP contribution in [0.3, 0.4) is 0 Å². The number of thiazole rings is 1. The molecule has 1 saturated heterocycles. The van der Waals surface area contributed by atoms with E-state index in [9.17, 15) is 14.4 Å². The summed E-state index contributed by atoms with van der Waals surface area (Å²) < 4.78 is 0. The van der Waals surface area contributed by atoms with Crippen LogP contribution in [0.5, 0.6) is 0 Å². The number of amidine groups is 2. The first kappa shape index (κ1) is 27.4. The number of ketones is 1. The number of aromatic nitrogens is 1. The molecule has 1 aliphatic rings. The molecule has 1 aliphatic heterocycles. The lowest BCUT2D eigenvalue weighted by Gasteiger charge is -2.38. The van der Waals surface area contributed by atoms with Gasteiger partial charge in [0.25, 0.3) is 0 Å². The number of likely N-dealkylation sites (N-methyl/N-ethyl adjacent to an activating group) is 1. The average Bonchev–Trinajstić information content (AvgIpc) is 3.31. The van der Waals surface area contributed by atoms with E-state index in [1.165, 1.54) is 11.3 Å². The van der Waals surface area contributed by atoms with E-state index in [-0.39, 0.29) is 30.2 Å². The van der Waals surface area contributed by atoms with Crippen molar-refractivity contribution in [3.63, 3.8) is 0 Å². The summed E-state index contributed by atoms with van der Waals surface area (Å²) >= 11 is 1.23. The van der Waals surface area contributed by atoms with Gasteiger partial charge >= 0.3 is 0 Å². The molecule has 1 aromatic rings. The Morgan fingerprint density at radius 1 is 1.21 bits per heavy atom. The molecule has 11 nitrogen and oxygen atoms in total. The van der Waals surface area contributed by atoms with E-state index < -0.39 is 6.04 Å². The van der Waals surface area contributed by atoms with Crippen LogP contribution in [0.2, 0.25) is 0 Å². The smallest absolute Gasteiger partial charge is 0.240 e. The number of hydrogen-bond donors (Lipinski definition) is 3. The molecule has 0 spiro atoms. The Hall–Kier alpha value is -2.86.